The summed E-state index contributed by atoms with van der Waals surface area (Å²) in [6, 6.07) is 0. The van der Waals surface area contributed by atoms with Crippen LogP contribution in [0, 0.1) is 0 Å². The fourth-order valence-corrected chi connectivity index (χ4v) is 4.12. The van der Waals surface area contributed by atoms with Crippen LogP contribution in [0.3, 0.4) is 0 Å². The lowest BCUT2D eigenvalue weighted by molar-refractivity contribution is -0.200. The van der Waals surface area contributed by atoms with Crippen molar-refractivity contribution >= 4 is 5.91 Å². The van der Waals surface area contributed by atoms with Crippen LogP contribution in [-0.4, -0.2) is 57.5 Å². The van der Waals surface area contributed by atoms with Crippen molar-refractivity contribution in [1.82, 2.24) is 20.2 Å². The number of aromatic nitrogens is 2. The molecule has 0 aromatic carbocycles. The van der Waals surface area contributed by atoms with E-state index in [0.29, 0.717) is 26.0 Å². The molecule has 2 aliphatic rings. The lowest BCUT2D eigenvalue weighted by Gasteiger charge is -2.52. The lowest BCUT2D eigenvalue weighted by Crippen LogP contribution is -2.69. The first-order valence-corrected chi connectivity index (χ1v) is 9.33. The van der Waals surface area contributed by atoms with Gasteiger partial charge in [-0.05, 0) is 39.3 Å². The monoisotopic (exact) mass is 350 g/mol. The van der Waals surface area contributed by atoms with E-state index in [-0.39, 0.29) is 5.91 Å². The van der Waals surface area contributed by atoms with Crippen LogP contribution in [0.2, 0.25) is 0 Å². The van der Waals surface area contributed by atoms with E-state index in [1.54, 1.807) is 6.20 Å². The first-order valence-electron chi connectivity index (χ1n) is 9.33. The molecule has 0 unspecified atom stereocenters. The van der Waals surface area contributed by atoms with Gasteiger partial charge in [-0.2, -0.15) is 0 Å². The van der Waals surface area contributed by atoms with Crippen LogP contribution in [0.25, 0.3) is 0 Å². The van der Waals surface area contributed by atoms with Gasteiger partial charge in [0, 0.05) is 38.4 Å². The molecule has 1 aromatic rings. The number of piperidine rings is 1. The number of hydrogen-bond donors (Lipinski definition) is 3. The maximum absolute atomic E-state index is 12.5. The Morgan fingerprint density at radius 2 is 2.24 bits per heavy atom. The zero-order chi connectivity index (χ0) is 17.9. The van der Waals surface area contributed by atoms with Crippen molar-refractivity contribution in [2.45, 2.75) is 69.7 Å². The maximum atomic E-state index is 12.5. The first-order chi connectivity index (χ1) is 12.0. The molecule has 3 N–H and O–H groups in total. The molecule has 1 spiro atoms. The lowest BCUT2D eigenvalue weighted by atomic mass is 9.73. The highest BCUT2D eigenvalue weighted by atomic mass is 16.5. The van der Waals surface area contributed by atoms with Crippen LogP contribution in [-0.2, 0) is 22.5 Å². The average Bonchev–Trinajstić information content (AvgIpc) is 3.06. The number of carbonyl (C=O) groups excluding carboxylic acids is 1. The van der Waals surface area contributed by atoms with Crippen molar-refractivity contribution in [2.75, 3.05) is 19.7 Å². The Labute approximate surface area is 149 Å². The number of amides is 1. The third-order valence-corrected chi connectivity index (χ3v) is 5.69. The van der Waals surface area contributed by atoms with Crippen LogP contribution < -0.4 is 10.6 Å². The predicted molar refractivity (Wildman–Crippen MR) is 94.2 cm³/mol. The summed E-state index contributed by atoms with van der Waals surface area (Å²) in [6.45, 7) is 6.83. The smallest absolute Gasteiger partial charge is 0.222 e. The highest BCUT2D eigenvalue weighted by Crippen LogP contribution is 2.38. The molecule has 1 amide bonds. The number of hydrogen-bond acceptors (Lipinski definition) is 5. The summed E-state index contributed by atoms with van der Waals surface area (Å²) in [6.07, 6.45) is 6.37. The van der Waals surface area contributed by atoms with Crippen LogP contribution in [0.5, 0.6) is 0 Å². The molecule has 3 rings (SSSR count). The number of nitrogens with zero attached hydrogens (tertiary/aromatic N) is 2. The Bertz CT molecular complexity index is 591. The Balaban J connectivity index is 1.61. The van der Waals surface area contributed by atoms with E-state index in [9.17, 15) is 9.90 Å². The number of nitrogens with one attached hydrogen (secondary N) is 2. The van der Waals surface area contributed by atoms with E-state index >= 15 is 0 Å². The zero-order valence-electron chi connectivity index (χ0n) is 15.3. The topological polar surface area (TPSA) is 88.4 Å². The molecule has 0 aliphatic carbocycles. The average molecular weight is 350 g/mol. The molecular weight excluding hydrogens is 320 g/mol. The molecule has 7 heteroatoms. The molecule has 1 aromatic heterocycles. The van der Waals surface area contributed by atoms with Crippen molar-refractivity contribution < 1.29 is 14.6 Å². The van der Waals surface area contributed by atoms with E-state index in [1.807, 2.05) is 17.7 Å². The van der Waals surface area contributed by atoms with Gasteiger partial charge in [-0.25, -0.2) is 4.98 Å². The van der Waals surface area contributed by atoms with Crippen molar-refractivity contribution in [2.24, 2.45) is 0 Å². The maximum Gasteiger partial charge on any atom is 0.222 e. The molecule has 25 heavy (non-hydrogen) atoms. The number of aliphatic hydroxyl groups is 1. The second-order valence-corrected chi connectivity index (χ2v) is 7.42. The molecule has 2 atom stereocenters. The van der Waals surface area contributed by atoms with Crippen LogP contribution in [0.4, 0.5) is 0 Å². The van der Waals surface area contributed by atoms with Crippen LogP contribution in [0.1, 0.15) is 45.4 Å². The van der Waals surface area contributed by atoms with Gasteiger partial charge >= 0.3 is 0 Å². The minimum absolute atomic E-state index is 0.0386. The highest BCUT2D eigenvalue weighted by molar-refractivity contribution is 5.76. The van der Waals surface area contributed by atoms with Gasteiger partial charge in [0.05, 0.1) is 11.1 Å². The molecule has 2 aliphatic heterocycles. The largest absolute Gasteiger partial charge is 0.388 e. The number of carbonyl (C=O) groups is 1. The van der Waals surface area contributed by atoms with E-state index in [4.69, 9.17) is 4.74 Å². The van der Waals surface area contributed by atoms with E-state index in [0.717, 1.165) is 38.2 Å². The van der Waals surface area contributed by atoms with Crippen molar-refractivity contribution in [1.29, 1.82) is 0 Å². The van der Waals surface area contributed by atoms with Gasteiger partial charge in [0.2, 0.25) is 5.91 Å². The summed E-state index contributed by atoms with van der Waals surface area (Å²) in [5.74, 6) is 0.946. The third-order valence-electron chi connectivity index (χ3n) is 5.69. The SMILES string of the molecule is CCc1nccn1CCC(=O)N[C@]1(C)CCOC2(CCNCC2)[C@H]1O. The molecule has 3 heterocycles. The second kappa shape index (κ2) is 7.43. The Kier molecular flexibility index (Phi) is 5.46. The molecule has 2 saturated heterocycles. The van der Waals surface area contributed by atoms with Gasteiger partial charge in [-0.15, -0.1) is 0 Å². The number of imidazole rings is 1. The van der Waals surface area contributed by atoms with Gasteiger partial charge in [0.1, 0.15) is 11.9 Å². The van der Waals surface area contributed by atoms with E-state index in [2.05, 4.69) is 22.5 Å². The minimum Gasteiger partial charge on any atom is -0.388 e. The fourth-order valence-electron chi connectivity index (χ4n) is 4.12. The highest BCUT2D eigenvalue weighted by Gasteiger charge is 2.52. The second-order valence-electron chi connectivity index (χ2n) is 7.42. The van der Waals surface area contributed by atoms with Crippen molar-refractivity contribution in [3.8, 4) is 0 Å². The van der Waals surface area contributed by atoms with Gasteiger partial charge in [-0.3, -0.25) is 4.79 Å². The van der Waals surface area contributed by atoms with Crippen molar-refractivity contribution in [3.05, 3.63) is 18.2 Å². The Morgan fingerprint density at radius 3 is 2.96 bits per heavy atom. The van der Waals surface area contributed by atoms with Crippen molar-refractivity contribution in [3.63, 3.8) is 0 Å². The number of rotatable bonds is 5. The van der Waals surface area contributed by atoms with Gasteiger partial charge in [-0.1, -0.05) is 6.92 Å². The molecule has 140 valence electrons. The van der Waals surface area contributed by atoms with Gasteiger partial charge < -0.3 is 25.0 Å². The van der Waals surface area contributed by atoms with Gasteiger partial charge in [0.15, 0.2) is 0 Å². The first kappa shape index (κ1) is 18.4. The normalized spacial score (nSPS) is 28.8. The molecular formula is C18H30N4O3. The summed E-state index contributed by atoms with van der Waals surface area (Å²) in [5.41, 5.74) is -1.18. The van der Waals surface area contributed by atoms with Crippen LogP contribution in [0.15, 0.2) is 12.4 Å². The van der Waals surface area contributed by atoms with E-state index in [1.165, 1.54) is 0 Å². The number of aliphatic hydroxyl groups excluding tert-OH is 1. The molecule has 0 bridgehead atoms. The van der Waals surface area contributed by atoms with Crippen LogP contribution >= 0.6 is 0 Å². The summed E-state index contributed by atoms with van der Waals surface area (Å²) in [5, 5.41) is 17.4. The summed E-state index contributed by atoms with van der Waals surface area (Å²) in [7, 11) is 0. The quantitative estimate of drug-likeness (QED) is 0.724. The molecule has 7 nitrogen and oxygen atoms in total. The molecule has 0 saturated carbocycles. The predicted octanol–water partition coefficient (Wildman–Crippen LogP) is 0.614. The van der Waals surface area contributed by atoms with E-state index < -0.39 is 17.2 Å². The standard InChI is InChI=1S/C18H30N4O3/c1-3-14-20-10-12-22(14)11-4-15(23)21-17(2)7-13-25-18(16(17)24)5-8-19-9-6-18/h10,12,16,19,24H,3-9,11,13H2,1-2H3,(H,21,23)/t16-,17+/m0/s1. The molecule has 0 radical (unpaired) electrons. The Hall–Kier alpha value is -1.44. The van der Waals surface area contributed by atoms with Gasteiger partial charge in [0.25, 0.3) is 0 Å². The summed E-state index contributed by atoms with van der Waals surface area (Å²) < 4.78 is 8.00. The Morgan fingerprint density at radius 1 is 1.48 bits per heavy atom. The third kappa shape index (κ3) is 3.73. The summed E-state index contributed by atoms with van der Waals surface area (Å²) in [4.78, 5) is 16.8. The zero-order valence-corrected chi connectivity index (χ0v) is 15.3. The fraction of sp³-hybridized carbons (Fsp3) is 0.778. The summed E-state index contributed by atoms with van der Waals surface area (Å²) >= 11 is 0. The minimum atomic E-state index is -0.695. The number of aryl methyl sites for hydroxylation is 2. The molecule has 2 fully saturated rings. The number of ether oxygens (including phenoxy) is 1.